The Labute approximate surface area is 115 Å². The van der Waals surface area contributed by atoms with Crippen LogP contribution in [0.4, 0.5) is 10.1 Å². The highest BCUT2D eigenvalue weighted by atomic mass is 19.1. The first-order chi connectivity index (χ1) is 9.59. The third kappa shape index (κ3) is 3.30. The van der Waals surface area contributed by atoms with Crippen LogP contribution in [-0.2, 0) is 11.3 Å². The molecular weight excluding hydrogens is 265 g/mol. The number of carbonyl (C=O) groups excluding carboxylic acids is 1. The third-order valence-corrected chi connectivity index (χ3v) is 3.38. The van der Waals surface area contributed by atoms with Crippen molar-refractivity contribution in [1.29, 1.82) is 0 Å². The Morgan fingerprint density at radius 2 is 2.35 bits per heavy atom. The molecule has 1 aromatic carbocycles. The Hall–Kier alpha value is -2.02. The summed E-state index contributed by atoms with van der Waals surface area (Å²) in [6.07, 6.45) is 1.74. The maximum Gasteiger partial charge on any atom is 0.305 e. The molecule has 108 valence electrons. The van der Waals surface area contributed by atoms with Crippen molar-refractivity contribution in [3.8, 4) is 0 Å². The highest BCUT2D eigenvalue weighted by Crippen LogP contribution is 2.20. The van der Waals surface area contributed by atoms with Gasteiger partial charge in [0, 0.05) is 24.7 Å². The standard InChI is InChI=1S/C13H16FN3O3/c14-12-9(3-1-5-11(12)17(19)20)8-16-13(18)10-4-2-6-15-7-10/h1,3,5,10,15H,2,4,6-8H2,(H,16,18). The lowest BCUT2D eigenvalue weighted by Gasteiger charge is -2.21. The van der Waals surface area contributed by atoms with Gasteiger partial charge in [-0.3, -0.25) is 14.9 Å². The van der Waals surface area contributed by atoms with Crippen LogP contribution in [0.5, 0.6) is 0 Å². The highest BCUT2D eigenvalue weighted by molar-refractivity contribution is 5.79. The number of nitro benzene ring substituents is 1. The molecule has 2 rings (SSSR count). The zero-order valence-electron chi connectivity index (χ0n) is 10.9. The normalized spacial score (nSPS) is 18.6. The molecule has 1 fully saturated rings. The number of nitrogens with one attached hydrogen (secondary N) is 2. The molecule has 20 heavy (non-hydrogen) atoms. The van der Waals surface area contributed by atoms with Crippen molar-refractivity contribution in [2.75, 3.05) is 13.1 Å². The number of amides is 1. The van der Waals surface area contributed by atoms with Gasteiger partial charge in [-0.05, 0) is 19.4 Å². The Bertz CT molecular complexity index is 516. The van der Waals surface area contributed by atoms with E-state index in [0.29, 0.717) is 6.54 Å². The van der Waals surface area contributed by atoms with E-state index >= 15 is 0 Å². The van der Waals surface area contributed by atoms with Gasteiger partial charge in [-0.15, -0.1) is 0 Å². The number of piperidine rings is 1. The van der Waals surface area contributed by atoms with E-state index < -0.39 is 16.4 Å². The molecule has 1 aliphatic heterocycles. The topological polar surface area (TPSA) is 84.3 Å². The first-order valence-corrected chi connectivity index (χ1v) is 6.50. The molecule has 0 bridgehead atoms. The Morgan fingerprint density at radius 1 is 1.55 bits per heavy atom. The molecule has 0 aliphatic carbocycles. The second-order valence-corrected chi connectivity index (χ2v) is 4.77. The van der Waals surface area contributed by atoms with Gasteiger partial charge in [0.1, 0.15) is 0 Å². The molecule has 1 aromatic rings. The first-order valence-electron chi connectivity index (χ1n) is 6.50. The van der Waals surface area contributed by atoms with Crippen LogP contribution in [-0.4, -0.2) is 23.9 Å². The van der Waals surface area contributed by atoms with Crippen LogP contribution >= 0.6 is 0 Å². The fraction of sp³-hybridized carbons (Fsp3) is 0.462. The summed E-state index contributed by atoms with van der Waals surface area (Å²) in [7, 11) is 0. The molecule has 0 aromatic heterocycles. The maximum atomic E-state index is 13.8. The molecule has 7 heteroatoms. The fourth-order valence-corrected chi connectivity index (χ4v) is 2.25. The largest absolute Gasteiger partial charge is 0.352 e. The fourth-order valence-electron chi connectivity index (χ4n) is 2.25. The van der Waals surface area contributed by atoms with Gasteiger partial charge in [-0.25, -0.2) is 0 Å². The lowest BCUT2D eigenvalue weighted by Crippen LogP contribution is -2.40. The van der Waals surface area contributed by atoms with E-state index in [2.05, 4.69) is 10.6 Å². The lowest BCUT2D eigenvalue weighted by atomic mass is 9.99. The summed E-state index contributed by atoms with van der Waals surface area (Å²) in [5.41, 5.74) is -0.451. The van der Waals surface area contributed by atoms with Gasteiger partial charge < -0.3 is 10.6 Å². The minimum absolute atomic E-state index is 0.0388. The summed E-state index contributed by atoms with van der Waals surface area (Å²) in [4.78, 5) is 21.8. The number of hydrogen-bond donors (Lipinski definition) is 2. The van der Waals surface area contributed by atoms with Gasteiger partial charge >= 0.3 is 5.69 Å². The van der Waals surface area contributed by atoms with Crippen molar-refractivity contribution in [2.24, 2.45) is 5.92 Å². The molecule has 0 spiro atoms. The predicted molar refractivity (Wildman–Crippen MR) is 70.5 cm³/mol. The number of benzene rings is 1. The van der Waals surface area contributed by atoms with E-state index in [4.69, 9.17) is 0 Å². The summed E-state index contributed by atoms with van der Waals surface area (Å²) >= 11 is 0. The van der Waals surface area contributed by atoms with Gasteiger partial charge in [0.2, 0.25) is 11.7 Å². The van der Waals surface area contributed by atoms with E-state index in [1.807, 2.05) is 0 Å². The smallest absolute Gasteiger partial charge is 0.305 e. The van der Waals surface area contributed by atoms with Crippen molar-refractivity contribution in [3.05, 3.63) is 39.7 Å². The van der Waals surface area contributed by atoms with Crippen LogP contribution in [0.3, 0.4) is 0 Å². The molecule has 1 aliphatic rings. The molecular formula is C13H16FN3O3. The summed E-state index contributed by atoms with van der Waals surface area (Å²) in [6, 6.07) is 3.94. The molecule has 1 amide bonds. The predicted octanol–water partition coefficient (Wildman–Crippen LogP) is 1.35. The Morgan fingerprint density at radius 3 is 3.00 bits per heavy atom. The van der Waals surface area contributed by atoms with E-state index in [0.717, 1.165) is 25.5 Å². The quantitative estimate of drug-likeness (QED) is 0.644. The van der Waals surface area contributed by atoms with Crippen molar-refractivity contribution < 1.29 is 14.1 Å². The molecule has 6 nitrogen and oxygen atoms in total. The van der Waals surface area contributed by atoms with E-state index in [1.54, 1.807) is 0 Å². The summed E-state index contributed by atoms with van der Waals surface area (Å²) in [5, 5.41) is 16.4. The minimum Gasteiger partial charge on any atom is -0.352 e. The maximum absolute atomic E-state index is 13.8. The highest BCUT2D eigenvalue weighted by Gasteiger charge is 2.22. The molecule has 1 unspecified atom stereocenters. The van der Waals surface area contributed by atoms with Crippen LogP contribution in [0.2, 0.25) is 0 Å². The molecule has 2 N–H and O–H groups in total. The second-order valence-electron chi connectivity index (χ2n) is 4.77. The molecule has 0 radical (unpaired) electrons. The van der Waals surface area contributed by atoms with Crippen LogP contribution in [0.1, 0.15) is 18.4 Å². The van der Waals surface area contributed by atoms with Crippen molar-refractivity contribution in [1.82, 2.24) is 10.6 Å². The van der Waals surface area contributed by atoms with Crippen molar-refractivity contribution in [3.63, 3.8) is 0 Å². The van der Waals surface area contributed by atoms with E-state index in [1.165, 1.54) is 12.1 Å². The van der Waals surface area contributed by atoms with Gasteiger partial charge in [-0.2, -0.15) is 4.39 Å². The van der Waals surface area contributed by atoms with Crippen LogP contribution in [0.15, 0.2) is 18.2 Å². The number of nitro groups is 1. The number of hydrogen-bond acceptors (Lipinski definition) is 4. The average Bonchev–Trinajstić information content (AvgIpc) is 2.46. The SMILES string of the molecule is O=C(NCc1cccc([N+](=O)[O-])c1F)C1CCCNC1. The summed E-state index contributed by atoms with van der Waals surface area (Å²) in [5.74, 6) is -1.16. The Balaban J connectivity index is 1.98. The van der Waals surface area contributed by atoms with E-state index in [9.17, 15) is 19.3 Å². The Kier molecular flexibility index (Phi) is 4.62. The molecule has 0 saturated carbocycles. The monoisotopic (exact) mass is 281 g/mol. The second kappa shape index (κ2) is 6.42. The summed E-state index contributed by atoms with van der Waals surface area (Å²) < 4.78 is 13.8. The first kappa shape index (κ1) is 14.4. The van der Waals surface area contributed by atoms with Crippen LogP contribution < -0.4 is 10.6 Å². The van der Waals surface area contributed by atoms with Crippen LogP contribution in [0, 0.1) is 21.8 Å². The number of halogens is 1. The lowest BCUT2D eigenvalue weighted by molar-refractivity contribution is -0.387. The molecule has 1 saturated heterocycles. The van der Waals surface area contributed by atoms with Gasteiger partial charge in [-0.1, -0.05) is 12.1 Å². The third-order valence-electron chi connectivity index (χ3n) is 3.38. The summed E-state index contributed by atoms with van der Waals surface area (Å²) in [6.45, 7) is 1.48. The van der Waals surface area contributed by atoms with Gasteiger partial charge in [0.05, 0.1) is 10.8 Å². The van der Waals surface area contributed by atoms with E-state index in [-0.39, 0.29) is 23.9 Å². The number of nitrogens with zero attached hydrogens (tertiary/aromatic N) is 1. The zero-order valence-corrected chi connectivity index (χ0v) is 10.9. The van der Waals surface area contributed by atoms with Crippen molar-refractivity contribution >= 4 is 11.6 Å². The minimum atomic E-state index is -0.889. The zero-order chi connectivity index (χ0) is 14.5. The van der Waals surface area contributed by atoms with Crippen LogP contribution in [0.25, 0.3) is 0 Å². The number of carbonyl (C=O) groups is 1. The average molecular weight is 281 g/mol. The number of rotatable bonds is 4. The van der Waals surface area contributed by atoms with Crippen molar-refractivity contribution in [2.45, 2.75) is 19.4 Å². The van der Waals surface area contributed by atoms with Gasteiger partial charge in [0.25, 0.3) is 0 Å². The molecule has 1 atom stereocenters. The molecule has 1 heterocycles. The van der Waals surface area contributed by atoms with Gasteiger partial charge in [0.15, 0.2) is 0 Å².